The summed E-state index contributed by atoms with van der Waals surface area (Å²) >= 11 is 0. The lowest BCUT2D eigenvalue weighted by atomic mass is 9.85. The SMILES string of the molecule is Cn1cc(CC(=O)NC2CCCC(c3nc4ccccc4[nH]3)C2)c2ccccc21.O=C(O)C(F)(F)F. The maximum Gasteiger partial charge on any atom is 0.490 e. The van der Waals surface area contributed by atoms with E-state index in [-0.39, 0.29) is 11.9 Å². The molecule has 1 aliphatic rings. The molecular formula is C26H27F3N4O3. The first kappa shape index (κ1) is 25.3. The number of imidazole rings is 1. The largest absolute Gasteiger partial charge is 0.490 e. The van der Waals surface area contributed by atoms with E-state index < -0.39 is 12.1 Å². The molecule has 0 saturated heterocycles. The summed E-state index contributed by atoms with van der Waals surface area (Å²) in [6, 6.07) is 16.6. The number of nitrogens with one attached hydrogen (secondary N) is 2. The number of hydrogen-bond acceptors (Lipinski definition) is 3. The number of carboxylic acids is 1. The molecular weight excluding hydrogens is 473 g/mol. The first-order valence-electron chi connectivity index (χ1n) is 11.7. The van der Waals surface area contributed by atoms with Gasteiger partial charge in [0.25, 0.3) is 0 Å². The molecule has 1 aliphatic carbocycles. The molecule has 0 bridgehead atoms. The van der Waals surface area contributed by atoms with Crippen molar-refractivity contribution in [1.29, 1.82) is 0 Å². The molecule has 190 valence electrons. The molecule has 1 saturated carbocycles. The number of carbonyl (C=O) groups excluding carboxylic acids is 1. The van der Waals surface area contributed by atoms with Crippen LogP contribution in [0.1, 0.15) is 43.0 Å². The van der Waals surface area contributed by atoms with E-state index in [0.29, 0.717) is 12.3 Å². The Morgan fingerprint density at radius 3 is 2.56 bits per heavy atom. The molecule has 0 spiro atoms. The minimum absolute atomic E-state index is 0.108. The smallest absolute Gasteiger partial charge is 0.475 e. The number of amides is 1. The third-order valence-electron chi connectivity index (χ3n) is 6.41. The van der Waals surface area contributed by atoms with E-state index in [9.17, 15) is 18.0 Å². The average molecular weight is 501 g/mol. The van der Waals surface area contributed by atoms with Crippen LogP contribution in [-0.4, -0.2) is 43.7 Å². The van der Waals surface area contributed by atoms with Gasteiger partial charge in [-0.1, -0.05) is 36.8 Å². The van der Waals surface area contributed by atoms with Crippen molar-refractivity contribution in [3.8, 4) is 0 Å². The Kier molecular flexibility index (Phi) is 7.32. The lowest BCUT2D eigenvalue weighted by Gasteiger charge is -2.28. The summed E-state index contributed by atoms with van der Waals surface area (Å²) in [6.07, 6.45) is 1.63. The third-order valence-corrected chi connectivity index (χ3v) is 6.41. The van der Waals surface area contributed by atoms with Gasteiger partial charge in [0, 0.05) is 36.1 Å². The van der Waals surface area contributed by atoms with Crippen molar-refractivity contribution in [1.82, 2.24) is 19.9 Å². The van der Waals surface area contributed by atoms with Crippen LogP contribution in [0.15, 0.2) is 54.7 Å². The number of halogens is 3. The molecule has 3 N–H and O–H groups in total. The number of rotatable bonds is 4. The highest BCUT2D eigenvalue weighted by Crippen LogP contribution is 2.32. The van der Waals surface area contributed by atoms with Crippen LogP contribution in [-0.2, 0) is 23.1 Å². The highest BCUT2D eigenvalue weighted by atomic mass is 19.4. The topological polar surface area (TPSA) is 100 Å². The summed E-state index contributed by atoms with van der Waals surface area (Å²) in [7, 11) is 2.03. The second-order valence-corrected chi connectivity index (χ2v) is 9.03. The molecule has 2 atom stereocenters. The van der Waals surface area contributed by atoms with Crippen molar-refractivity contribution >= 4 is 33.8 Å². The highest BCUT2D eigenvalue weighted by molar-refractivity contribution is 5.89. The molecule has 2 heterocycles. The molecule has 1 amide bonds. The van der Waals surface area contributed by atoms with E-state index in [1.807, 2.05) is 37.4 Å². The number of carboxylic acid groups (broad SMARTS) is 1. The predicted octanol–water partition coefficient (Wildman–Crippen LogP) is 5.07. The fourth-order valence-electron chi connectivity index (χ4n) is 4.75. The van der Waals surface area contributed by atoms with Crippen LogP contribution in [0, 0.1) is 0 Å². The number of fused-ring (bicyclic) bond motifs is 2. The van der Waals surface area contributed by atoms with Crippen molar-refractivity contribution in [3.63, 3.8) is 0 Å². The zero-order valence-electron chi connectivity index (χ0n) is 19.7. The van der Waals surface area contributed by atoms with Crippen LogP contribution < -0.4 is 5.32 Å². The van der Waals surface area contributed by atoms with Crippen LogP contribution in [0.5, 0.6) is 0 Å². The van der Waals surface area contributed by atoms with Gasteiger partial charge in [0.05, 0.1) is 17.5 Å². The van der Waals surface area contributed by atoms with Gasteiger partial charge >= 0.3 is 12.1 Å². The number of nitrogens with zero attached hydrogens (tertiary/aromatic N) is 2. The summed E-state index contributed by atoms with van der Waals surface area (Å²) in [6.45, 7) is 0. The molecule has 0 radical (unpaired) electrons. The fourth-order valence-corrected chi connectivity index (χ4v) is 4.75. The number of aliphatic carboxylic acids is 1. The highest BCUT2D eigenvalue weighted by Gasteiger charge is 2.38. The maximum atomic E-state index is 12.8. The average Bonchev–Trinajstić information content (AvgIpc) is 3.41. The van der Waals surface area contributed by atoms with Gasteiger partial charge in [0.1, 0.15) is 5.82 Å². The number of benzene rings is 2. The van der Waals surface area contributed by atoms with E-state index in [1.54, 1.807) is 0 Å². The van der Waals surface area contributed by atoms with Crippen molar-refractivity contribution in [3.05, 3.63) is 66.1 Å². The normalized spacial score (nSPS) is 18.0. The summed E-state index contributed by atoms with van der Waals surface area (Å²) in [5.74, 6) is -1.22. The quantitative estimate of drug-likeness (QED) is 0.364. The van der Waals surface area contributed by atoms with E-state index in [4.69, 9.17) is 14.9 Å². The van der Waals surface area contributed by atoms with E-state index >= 15 is 0 Å². The van der Waals surface area contributed by atoms with Crippen molar-refractivity contribution in [2.75, 3.05) is 0 Å². The van der Waals surface area contributed by atoms with Crippen LogP contribution in [0.3, 0.4) is 0 Å². The summed E-state index contributed by atoms with van der Waals surface area (Å²) in [5, 5.41) is 11.6. The first-order valence-corrected chi connectivity index (χ1v) is 11.7. The van der Waals surface area contributed by atoms with E-state index in [2.05, 4.69) is 39.3 Å². The Morgan fingerprint density at radius 2 is 1.83 bits per heavy atom. The summed E-state index contributed by atoms with van der Waals surface area (Å²) in [5.41, 5.74) is 4.36. The van der Waals surface area contributed by atoms with Gasteiger partial charge in [0.2, 0.25) is 5.91 Å². The Bertz CT molecular complexity index is 1340. The number of aromatic amines is 1. The number of hydrogen-bond donors (Lipinski definition) is 3. The number of alkyl halides is 3. The zero-order chi connectivity index (χ0) is 25.9. The molecule has 5 rings (SSSR count). The molecule has 7 nitrogen and oxygen atoms in total. The van der Waals surface area contributed by atoms with Gasteiger partial charge in [-0.3, -0.25) is 4.79 Å². The first-order chi connectivity index (χ1) is 17.1. The molecule has 36 heavy (non-hydrogen) atoms. The van der Waals surface area contributed by atoms with Gasteiger partial charge < -0.3 is 20.0 Å². The predicted molar refractivity (Wildman–Crippen MR) is 130 cm³/mol. The van der Waals surface area contributed by atoms with E-state index in [0.717, 1.165) is 59.0 Å². The lowest BCUT2D eigenvalue weighted by molar-refractivity contribution is -0.192. The van der Waals surface area contributed by atoms with Crippen molar-refractivity contribution in [2.45, 2.75) is 50.2 Å². The molecule has 0 aliphatic heterocycles. The van der Waals surface area contributed by atoms with Gasteiger partial charge in [-0.05, 0) is 43.0 Å². The van der Waals surface area contributed by atoms with Crippen molar-refractivity contribution in [2.24, 2.45) is 7.05 Å². The van der Waals surface area contributed by atoms with Gasteiger partial charge in [-0.25, -0.2) is 9.78 Å². The molecule has 2 aromatic carbocycles. The molecule has 1 fully saturated rings. The van der Waals surface area contributed by atoms with E-state index in [1.165, 1.54) is 0 Å². The van der Waals surface area contributed by atoms with Crippen LogP contribution in [0.25, 0.3) is 21.9 Å². The zero-order valence-corrected chi connectivity index (χ0v) is 19.7. The van der Waals surface area contributed by atoms with Gasteiger partial charge in [-0.15, -0.1) is 0 Å². The second kappa shape index (κ2) is 10.4. The summed E-state index contributed by atoms with van der Waals surface area (Å²) < 4.78 is 33.8. The Hall–Kier alpha value is -3.82. The minimum Gasteiger partial charge on any atom is -0.475 e. The van der Waals surface area contributed by atoms with Gasteiger partial charge in [0.15, 0.2) is 0 Å². The van der Waals surface area contributed by atoms with Crippen LogP contribution >= 0.6 is 0 Å². The Balaban J connectivity index is 0.000000384. The lowest BCUT2D eigenvalue weighted by Crippen LogP contribution is -2.38. The minimum atomic E-state index is -5.08. The monoisotopic (exact) mass is 500 g/mol. The number of para-hydroxylation sites is 3. The standard InChI is InChI=1S/C24H26N4O.C2HF3O2/c1-28-15-17(19-9-2-5-12-22(19)28)14-23(29)25-18-8-6-7-16(13-18)24-26-20-10-3-4-11-21(20)27-24;3-2(4,5)1(6)7/h2-5,9-12,15-16,18H,6-8,13-14H2,1H3,(H,25,29)(H,26,27);(H,6,7). The Morgan fingerprint density at radius 1 is 1.14 bits per heavy atom. The van der Waals surface area contributed by atoms with Crippen LogP contribution in [0.4, 0.5) is 13.2 Å². The van der Waals surface area contributed by atoms with Crippen LogP contribution in [0.2, 0.25) is 0 Å². The molecule has 2 unspecified atom stereocenters. The number of carbonyl (C=O) groups is 2. The van der Waals surface area contributed by atoms with Gasteiger partial charge in [-0.2, -0.15) is 13.2 Å². The number of H-pyrrole nitrogens is 1. The molecule has 4 aromatic rings. The fraction of sp³-hybridized carbons (Fsp3) is 0.346. The number of aryl methyl sites for hydroxylation is 1. The molecule has 10 heteroatoms. The number of aromatic nitrogens is 3. The summed E-state index contributed by atoms with van der Waals surface area (Å²) in [4.78, 5) is 29.9. The molecule has 2 aromatic heterocycles. The second-order valence-electron chi connectivity index (χ2n) is 9.03. The Labute approximate surface area is 205 Å². The maximum absolute atomic E-state index is 12.8. The van der Waals surface area contributed by atoms with Crippen molar-refractivity contribution < 1.29 is 27.9 Å². The third kappa shape index (κ3) is 5.87.